The lowest BCUT2D eigenvalue weighted by molar-refractivity contribution is 0.104. The van der Waals surface area contributed by atoms with E-state index >= 15 is 0 Å². The van der Waals surface area contributed by atoms with Crippen LogP contribution in [0.4, 0.5) is 5.13 Å². The van der Waals surface area contributed by atoms with E-state index in [9.17, 15) is 0 Å². The minimum Gasteiger partial charge on any atom is -0.360 e. The van der Waals surface area contributed by atoms with E-state index in [1.807, 2.05) is 0 Å². The van der Waals surface area contributed by atoms with Crippen molar-refractivity contribution in [2.75, 3.05) is 38.0 Å². The van der Waals surface area contributed by atoms with Crippen LogP contribution in [0, 0.1) is 0 Å². The number of hydrogen-bond acceptors (Lipinski definition) is 6. The molecule has 1 aromatic heterocycles. The molecule has 1 aliphatic heterocycles. The maximum atomic E-state index is 4.27. The van der Waals surface area contributed by atoms with E-state index in [1.54, 1.807) is 11.3 Å². The summed E-state index contributed by atoms with van der Waals surface area (Å²) in [5.41, 5.74) is 0. The van der Waals surface area contributed by atoms with Crippen molar-refractivity contribution in [3.8, 4) is 0 Å². The Morgan fingerprint density at radius 3 is 2.58 bits per heavy atom. The van der Waals surface area contributed by atoms with Gasteiger partial charge in [0.25, 0.3) is 0 Å². The maximum Gasteiger partial charge on any atom is 0.205 e. The fourth-order valence-corrected chi connectivity index (χ4v) is 3.06. The molecule has 0 aromatic carbocycles. The zero-order valence-electron chi connectivity index (χ0n) is 12.2. The molecule has 19 heavy (non-hydrogen) atoms. The molecule has 1 aromatic rings. The van der Waals surface area contributed by atoms with Gasteiger partial charge in [-0.1, -0.05) is 18.3 Å². The number of anilines is 1. The van der Waals surface area contributed by atoms with Crippen LogP contribution in [-0.4, -0.2) is 58.8 Å². The summed E-state index contributed by atoms with van der Waals surface area (Å²) in [7, 11) is 0. The van der Waals surface area contributed by atoms with Gasteiger partial charge in [-0.3, -0.25) is 9.80 Å². The Hall–Kier alpha value is -0.720. The second-order valence-corrected chi connectivity index (χ2v) is 6.40. The van der Waals surface area contributed by atoms with Crippen molar-refractivity contribution in [3.05, 3.63) is 5.01 Å². The van der Waals surface area contributed by atoms with E-state index in [-0.39, 0.29) is 0 Å². The molecule has 0 unspecified atom stereocenters. The number of hydrogen-bond donors (Lipinski definition) is 1. The first kappa shape index (κ1) is 14.7. The molecular weight excluding hydrogens is 258 g/mol. The molecule has 1 fully saturated rings. The highest BCUT2D eigenvalue weighted by molar-refractivity contribution is 7.15. The summed E-state index contributed by atoms with van der Waals surface area (Å²) in [5, 5.41) is 13.8. The van der Waals surface area contributed by atoms with Crippen LogP contribution in [0.25, 0.3) is 0 Å². The normalized spacial score (nSPS) is 18.1. The Morgan fingerprint density at radius 2 is 1.95 bits per heavy atom. The second kappa shape index (κ2) is 7.17. The fraction of sp³-hybridized carbons (Fsp3) is 0.846. The molecule has 108 valence electrons. The molecule has 0 spiro atoms. The minimum absolute atomic E-state index is 0.661. The summed E-state index contributed by atoms with van der Waals surface area (Å²) in [5.74, 6) is 0. The molecule has 2 heterocycles. The van der Waals surface area contributed by atoms with Gasteiger partial charge in [0.1, 0.15) is 5.01 Å². The van der Waals surface area contributed by atoms with Crippen LogP contribution in [0.3, 0.4) is 0 Å². The summed E-state index contributed by atoms with van der Waals surface area (Å²) in [6.45, 7) is 13.2. The second-order valence-electron chi connectivity index (χ2n) is 5.33. The Bertz CT molecular complexity index is 371. The molecule has 0 amide bonds. The summed E-state index contributed by atoms with van der Waals surface area (Å²) < 4.78 is 0. The molecule has 1 N–H and O–H groups in total. The monoisotopic (exact) mass is 283 g/mol. The first-order chi connectivity index (χ1) is 9.19. The van der Waals surface area contributed by atoms with Crippen LogP contribution in [0.5, 0.6) is 0 Å². The third-order valence-corrected chi connectivity index (χ3v) is 4.35. The lowest BCUT2D eigenvalue weighted by atomic mass is 10.2. The lowest BCUT2D eigenvalue weighted by Crippen LogP contribution is -2.48. The molecule has 5 nitrogen and oxygen atoms in total. The molecular formula is C13H25N5S. The fourth-order valence-electron chi connectivity index (χ4n) is 2.25. The van der Waals surface area contributed by atoms with Crippen molar-refractivity contribution < 1.29 is 0 Å². The average molecular weight is 283 g/mol. The molecule has 0 bridgehead atoms. The van der Waals surface area contributed by atoms with Gasteiger partial charge in [0, 0.05) is 38.8 Å². The van der Waals surface area contributed by atoms with Gasteiger partial charge in [-0.15, -0.1) is 10.2 Å². The highest BCUT2D eigenvalue weighted by Crippen LogP contribution is 2.18. The summed E-state index contributed by atoms with van der Waals surface area (Å²) >= 11 is 1.68. The van der Waals surface area contributed by atoms with Crippen LogP contribution in [0.2, 0.25) is 0 Å². The van der Waals surface area contributed by atoms with Crippen LogP contribution in [-0.2, 0) is 6.54 Å². The SMILES string of the molecule is CCCNc1nnc(CN2CCN(C(C)C)CC2)s1. The smallest absolute Gasteiger partial charge is 0.205 e. The van der Waals surface area contributed by atoms with Crippen LogP contribution >= 0.6 is 11.3 Å². The predicted molar refractivity (Wildman–Crippen MR) is 80.7 cm³/mol. The third-order valence-electron chi connectivity index (χ3n) is 3.49. The van der Waals surface area contributed by atoms with Crippen molar-refractivity contribution in [3.63, 3.8) is 0 Å². The van der Waals surface area contributed by atoms with E-state index in [2.05, 4.69) is 46.1 Å². The van der Waals surface area contributed by atoms with Crippen LogP contribution in [0.15, 0.2) is 0 Å². The Labute approximate surface area is 120 Å². The van der Waals surface area contributed by atoms with Crippen molar-refractivity contribution >= 4 is 16.5 Å². The van der Waals surface area contributed by atoms with Gasteiger partial charge in [-0.25, -0.2) is 0 Å². The van der Waals surface area contributed by atoms with E-state index < -0.39 is 0 Å². The van der Waals surface area contributed by atoms with Crippen LogP contribution in [0.1, 0.15) is 32.2 Å². The zero-order chi connectivity index (χ0) is 13.7. The molecule has 0 atom stereocenters. The van der Waals surface area contributed by atoms with Crippen LogP contribution < -0.4 is 5.32 Å². The quantitative estimate of drug-likeness (QED) is 0.863. The van der Waals surface area contributed by atoms with Crippen molar-refractivity contribution in [2.24, 2.45) is 0 Å². The zero-order valence-corrected chi connectivity index (χ0v) is 13.0. The first-order valence-corrected chi connectivity index (χ1v) is 8.03. The molecule has 6 heteroatoms. The molecule has 0 radical (unpaired) electrons. The predicted octanol–water partition coefficient (Wildman–Crippen LogP) is 1.89. The first-order valence-electron chi connectivity index (χ1n) is 7.21. The molecule has 0 aliphatic carbocycles. The van der Waals surface area contributed by atoms with Gasteiger partial charge in [0.05, 0.1) is 6.54 Å². The Kier molecular flexibility index (Phi) is 5.54. The highest BCUT2D eigenvalue weighted by Gasteiger charge is 2.19. The third kappa shape index (κ3) is 4.40. The lowest BCUT2D eigenvalue weighted by Gasteiger charge is -2.36. The van der Waals surface area contributed by atoms with E-state index in [0.717, 1.165) is 55.8 Å². The van der Waals surface area contributed by atoms with Gasteiger partial charge < -0.3 is 5.32 Å². The van der Waals surface area contributed by atoms with E-state index in [1.165, 1.54) is 0 Å². The molecule has 2 rings (SSSR count). The highest BCUT2D eigenvalue weighted by atomic mass is 32.1. The van der Waals surface area contributed by atoms with E-state index in [0.29, 0.717) is 6.04 Å². The number of aromatic nitrogens is 2. The van der Waals surface area contributed by atoms with Gasteiger partial charge in [0.2, 0.25) is 5.13 Å². The number of nitrogens with one attached hydrogen (secondary N) is 1. The van der Waals surface area contributed by atoms with Crippen molar-refractivity contribution in [2.45, 2.75) is 39.8 Å². The van der Waals surface area contributed by atoms with Gasteiger partial charge in [-0.2, -0.15) is 0 Å². The average Bonchev–Trinajstić information content (AvgIpc) is 2.84. The molecule has 0 saturated carbocycles. The van der Waals surface area contributed by atoms with Crippen molar-refractivity contribution in [1.82, 2.24) is 20.0 Å². The summed E-state index contributed by atoms with van der Waals surface area (Å²) in [6, 6.07) is 0.661. The van der Waals surface area contributed by atoms with E-state index in [4.69, 9.17) is 0 Å². The maximum absolute atomic E-state index is 4.27. The van der Waals surface area contributed by atoms with Gasteiger partial charge in [-0.05, 0) is 20.3 Å². The Balaban J connectivity index is 1.77. The Morgan fingerprint density at radius 1 is 1.21 bits per heavy atom. The number of rotatable bonds is 6. The molecule has 1 aliphatic rings. The summed E-state index contributed by atoms with van der Waals surface area (Å²) in [6.07, 6.45) is 1.12. The summed E-state index contributed by atoms with van der Waals surface area (Å²) in [4.78, 5) is 5.01. The van der Waals surface area contributed by atoms with Crippen molar-refractivity contribution in [1.29, 1.82) is 0 Å². The number of nitrogens with zero attached hydrogens (tertiary/aromatic N) is 4. The van der Waals surface area contributed by atoms with Gasteiger partial charge >= 0.3 is 0 Å². The standard InChI is InChI=1S/C13H25N5S/c1-4-5-14-13-16-15-12(19-13)10-17-6-8-18(9-7-17)11(2)3/h11H,4-10H2,1-3H3,(H,14,16). The minimum atomic E-state index is 0.661. The van der Waals surface area contributed by atoms with Gasteiger partial charge in [0.15, 0.2) is 0 Å². The number of piperazine rings is 1. The largest absolute Gasteiger partial charge is 0.360 e. The topological polar surface area (TPSA) is 44.3 Å². The molecule has 1 saturated heterocycles.